The van der Waals surface area contributed by atoms with Gasteiger partial charge in [-0.3, -0.25) is 0 Å². The average molecular weight is 288 g/mol. The number of rotatable bonds is 5. The number of nitrogens with zero attached hydrogens (tertiary/aromatic N) is 1. The quantitative estimate of drug-likeness (QED) is 0.787. The smallest absolute Gasteiger partial charge is 0.246 e. The zero-order chi connectivity index (χ0) is 14.2. The number of aliphatic hydroxyl groups excluding tert-OH is 1. The number of sulfonamides is 1. The minimum absolute atomic E-state index is 0.0276. The fourth-order valence-corrected chi connectivity index (χ4v) is 3.71. The first kappa shape index (κ1) is 14.2. The van der Waals surface area contributed by atoms with Crippen molar-refractivity contribution in [3.63, 3.8) is 0 Å². The summed E-state index contributed by atoms with van der Waals surface area (Å²) in [5.74, 6) is -0.810. The molecular formula is C12H17FN2O3S. The van der Waals surface area contributed by atoms with Crippen LogP contribution in [0.3, 0.4) is 0 Å². The second-order valence-electron chi connectivity index (χ2n) is 4.71. The lowest BCUT2D eigenvalue weighted by molar-refractivity contribution is 0.250. The van der Waals surface area contributed by atoms with E-state index in [4.69, 9.17) is 10.8 Å². The number of aryl methyl sites for hydroxylation is 1. The van der Waals surface area contributed by atoms with Crippen molar-refractivity contribution >= 4 is 15.7 Å². The summed E-state index contributed by atoms with van der Waals surface area (Å²) in [5, 5.41) is 8.97. The van der Waals surface area contributed by atoms with Crippen molar-refractivity contribution < 1.29 is 17.9 Å². The van der Waals surface area contributed by atoms with E-state index in [0.717, 1.165) is 29.3 Å². The van der Waals surface area contributed by atoms with Gasteiger partial charge >= 0.3 is 0 Å². The Balaban J connectivity index is 2.46. The van der Waals surface area contributed by atoms with Crippen LogP contribution in [0.1, 0.15) is 18.4 Å². The molecule has 0 unspecified atom stereocenters. The van der Waals surface area contributed by atoms with E-state index in [1.54, 1.807) is 6.92 Å². The lowest BCUT2D eigenvalue weighted by Gasteiger charge is -2.21. The van der Waals surface area contributed by atoms with E-state index in [9.17, 15) is 12.8 Å². The second-order valence-corrected chi connectivity index (χ2v) is 6.57. The first-order valence-corrected chi connectivity index (χ1v) is 7.50. The highest BCUT2D eigenvalue weighted by Crippen LogP contribution is 2.33. The zero-order valence-corrected chi connectivity index (χ0v) is 11.5. The van der Waals surface area contributed by atoms with Crippen LogP contribution in [0, 0.1) is 12.7 Å². The van der Waals surface area contributed by atoms with Crippen molar-refractivity contribution in [1.29, 1.82) is 0 Å². The van der Waals surface area contributed by atoms with Crippen LogP contribution in [-0.4, -0.2) is 37.0 Å². The number of nitrogen functional groups attached to an aromatic ring is 1. The number of halogens is 1. The summed E-state index contributed by atoms with van der Waals surface area (Å²) in [6.45, 7) is 1.29. The van der Waals surface area contributed by atoms with Crippen LogP contribution in [0.4, 0.5) is 10.1 Å². The van der Waals surface area contributed by atoms with Gasteiger partial charge in [-0.1, -0.05) is 0 Å². The minimum atomic E-state index is -3.95. The highest BCUT2D eigenvalue weighted by molar-refractivity contribution is 7.89. The predicted molar refractivity (Wildman–Crippen MR) is 69.5 cm³/mol. The number of hydrogen-bond acceptors (Lipinski definition) is 4. The summed E-state index contributed by atoms with van der Waals surface area (Å²) in [4.78, 5) is -0.420. The molecule has 0 spiro atoms. The van der Waals surface area contributed by atoms with Crippen LogP contribution in [0.2, 0.25) is 0 Å². The standard InChI is InChI=1S/C12H17FN2O3S/c1-8-6-10(13)12(7-11(8)14)19(17,18)15(4-5-16)9-2-3-9/h6-7,9,16H,2-5,14H2,1H3. The minimum Gasteiger partial charge on any atom is -0.398 e. The summed E-state index contributed by atoms with van der Waals surface area (Å²) in [5.41, 5.74) is 6.39. The van der Waals surface area contributed by atoms with Crippen molar-refractivity contribution in [3.8, 4) is 0 Å². The van der Waals surface area contributed by atoms with E-state index in [1.807, 2.05) is 0 Å². The number of hydrogen-bond donors (Lipinski definition) is 2. The second kappa shape index (κ2) is 5.07. The zero-order valence-electron chi connectivity index (χ0n) is 10.6. The lowest BCUT2D eigenvalue weighted by Crippen LogP contribution is -2.36. The molecule has 0 bridgehead atoms. The molecule has 0 saturated heterocycles. The first-order chi connectivity index (χ1) is 8.87. The van der Waals surface area contributed by atoms with Gasteiger partial charge in [-0.25, -0.2) is 12.8 Å². The molecule has 0 atom stereocenters. The van der Waals surface area contributed by atoms with E-state index in [1.165, 1.54) is 0 Å². The van der Waals surface area contributed by atoms with Gasteiger partial charge in [0.05, 0.1) is 6.61 Å². The molecule has 1 aliphatic rings. The summed E-state index contributed by atoms with van der Waals surface area (Å²) < 4.78 is 39.9. The van der Waals surface area contributed by atoms with Gasteiger partial charge in [0.25, 0.3) is 0 Å². The molecule has 1 aromatic carbocycles. The summed E-state index contributed by atoms with van der Waals surface area (Å²) in [7, 11) is -3.95. The van der Waals surface area contributed by atoms with E-state index >= 15 is 0 Å². The molecule has 106 valence electrons. The lowest BCUT2D eigenvalue weighted by atomic mass is 10.2. The van der Waals surface area contributed by atoms with Crippen LogP contribution < -0.4 is 5.73 Å². The number of aliphatic hydroxyl groups is 1. The van der Waals surface area contributed by atoms with Gasteiger partial charge in [-0.2, -0.15) is 4.31 Å². The van der Waals surface area contributed by atoms with Gasteiger partial charge in [0, 0.05) is 18.3 Å². The molecule has 3 N–H and O–H groups in total. The van der Waals surface area contributed by atoms with Gasteiger partial charge in [-0.15, -0.1) is 0 Å². The maximum atomic E-state index is 13.9. The Morgan fingerprint density at radius 3 is 2.63 bits per heavy atom. The monoisotopic (exact) mass is 288 g/mol. The third-order valence-corrected chi connectivity index (χ3v) is 5.15. The molecule has 1 aromatic rings. The molecule has 0 radical (unpaired) electrons. The highest BCUT2D eigenvalue weighted by atomic mass is 32.2. The highest BCUT2D eigenvalue weighted by Gasteiger charge is 2.38. The average Bonchev–Trinajstić information content (AvgIpc) is 3.14. The molecular weight excluding hydrogens is 271 g/mol. The van der Waals surface area contributed by atoms with Crippen LogP contribution in [0.15, 0.2) is 17.0 Å². The predicted octanol–water partition coefficient (Wildman–Crippen LogP) is 0.862. The van der Waals surface area contributed by atoms with Gasteiger partial charge in [0.15, 0.2) is 0 Å². The Morgan fingerprint density at radius 2 is 2.11 bits per heavy atom. The third kappa shape index (κ3) is 2.72. The Bertz CT molecular complexity index is 585. The van der Waals surface area contributed by atoms with Crippen molar-refractivity contribution in [1.82, 2.24) is 4.31 Å². The Kier molecular flexibility index (Phi) is 3.80. The topological polar surface area (TPSA) is 83.6 Å². The van der Waals surface area contributed by atoms with Crippen molar-refractivity contribution in [3.05, 3.63) is 23.5 Å². The molecule has 0 amide bonds. The SMILES string of the molecule is Cc1cc(F)c(S(=O)(=O)N(CCO)C2CC2)cc1N. The van der Waals surface area contributed by atoms with Gasteiger partial charge in [-0.05, 0) is 37.5 Å². The van der Waals surface area contributed by atoms with Crippen molar-refractivity contribution in [2.75, 3.05) is 18.9 Å². The van der Waals surface area contributed by atoms with Crippen molar-refractivity contribution in [2.24, 2.45) is 0 Å². The molecule has 19 heavy (non-hydrogen) atoms. The van der Waals surface area contributed by atoms with Crippen LogP contribution in [0.25, 0.3) is 0 Å². The largest absolute Gasteiger partial charge is 0.398 e. The molecule has 0 aliphatic heterocycles. The normalized spacial score (nSPS) is 16.0. The molecule has 5 nitrogen and oxygen atoms in total. The maximum absolute atomic E-state index is 13.9. The fourth-order valence-electron chi connectivity index (χ4n) is 1.95. The molecule has 7 heteroatoms. The molecule has 2 rings (SSSR count). The molecule has 1 aliphatic carbocycles. The van der Waals surface area contributed by atoms with Crippen LogP contribution in [-0.2, 0) is 10.0 Å². The molecule has 1 saturated carbocycles. The number of anilines is 1. The van der Waals surface area contributed by atoms with E-state index in [2.05, 4.69) is 0 Å². The van der Waals surface area contributed by atoms with Gasteiger partial charge < -0.3 is 10.8 Å². The third-order valence-electron chi connectivity index (χ3n) is 3.18. The van der Waals surface area contributed by atoms with Gasteiger partial charge in [0.2, 0.25) is 10.0 Å². The Morgan fingerprint density at radius 1 is 1.47 bits per heavy atom. The van der Waals surface area contributed by atoms with E-state index in [-0.39, 0.29) is 24.9 Å². The Labute approximate surface area is 111 Å². The summed E-state index contributed by atoms with van der Waals surface area (Å²) in [6.07, 6.45) is 1.48. The molecule has 1 fully saturated rings. The van der Waals surface area contributed by atoms with Crippen LogP contribution >= 0.6 is 0 Å². The van der Waals surface area contributed by atoms with Gasteiger partial charge in [0.1, 0.15) is 10.7 Å². The van der Waals surface area contributed by atoms with E-state index in [0.29, 0.717) is 5.56 Å². The van der Waals surface area contributed by atoms with E-state index < -0.39 is 20.7 Å². The molecule has 0 heterocycles. The molecule has 0 aromatic heterocycles. The van der Waals surface area contributed by atoms with Crippen molar-refractivity contribution in [2.45, 2.75) is 30.7 Å². The number of nitrogens with two attached hydrogens (primary N) is 1. The maximum Gasteiger partial charge on any atom is 0.246 e. The first-order valence-electron chi connectivity index (χ1n) is 6.06. The summed E-state index contributed by atoms with van der Waals surface area (Å²) >= 11 is 0. The van der Waals surface area contributed by atoms with Crippen LogP contribution in [0.5, 0.6) is 0 Å². The Hall–Kier alpha value is -1.18. The fraction of sp³-hybridized carbons (Fsp3) is 0.500. The number of benzene rings is 1. The summed E-state index contributed by atoms with van der Waals surface area (Å²) in [6, 6.07) is 2.12.